The molecule has 2 aromatic heterocycles. The van der Waals surface area contributed by atoms with E-state index in [2.05, 4.69) is 43.0 Å². The van der Waals surface area contributed by atoms with Crippen LogP contribution in [0.4, 0.5) is 5.82 Å². The van der Waals surface area contributed by atoms with Gasteiger partial charge in [0, 0.05) is 50.9 Å². The SMILES string of the molecule is CCC1=NO[C@@H](CN2CCN(c3cc(C)nc4ncnn34)CC2)C1. The van der Waals surface area contributed by atoms with Crippen LogP contribution >= 0.6 is 0 Å². The maximum Gasteiger partial charge on any atom is 0.254 e. The van der Waals surface area contributed by atoms with Crippen LogP contribution in [0.15, 0.2) is 17.5 Å². The summed E-state index contributed by atoms with van der Waals surface area (Å²) in [5.41, 5.74) is 2.15. The topological polar surface area (TPSA) is 71.2 Å². The number of oxime groups is 1. The summed E-state index contributed by atoms with van der Waals surface area (Å²) in [4.78, 5) is 19.0. The maximum absolute atomic E-state index is 5.54. The van der Waals surface area contributed by atoms with E-state index in [1.807, 2.05) is 11.4 Å². The van der Waals surface area contributed by atoms with Gasteiger partial charge < -0.3 is 9.74 Å². The zero-order chi connectivity index (χ0) is 16.5. The maximum atomic E-state index is 5.54. The Kier molecular flexibility index (Phi) is 4.05. The first kappa shape index (κ1) is 15.3. The van der Waals surface area contributed by atoms with Crippen LogP contribution in [0, 0.1) is 6.92 Å². The Morgan fingerprint density at radius 3 is 2.83 bits per heavy atom. The molecule has 24 heavy (non-hydrogen) atoms. The number of nitrogens with zero attached hydrogens (tertiary/aromatic N) is 7. The van der Waals surface area contributed by atoms with Gasteiger partial charge in [-0.25, -0.2) is 4.98 Å². The van der Waals surface area contributed by atoms with Crippen molar-refractivity contribution >= 4 is 17.3 Å². The highest BCUT2D eigenvalue weighted by Gasteiger charge is 2.26. The molecule has 1 saturated heterocycles. The van der Waals surface area contributed by atoms with E-state index in [1.54, 1.807) is 6.33 Å². The van der Waals surface area contributed by atoms with Crippen molar-refractivity contribution < 1.29 is 4.84 Å². The fourth-order valence-corrected chi connectivity index (χ4v) is 3.38. The summed E-state index contributed by atoms with van der Waals surface area (Å²) in [7, 11) is 0. The minimum atomic E-state index is 0.219. The van der Waals surface area contributed by atoms with E-state index in [0.717, 1.165) is 57.1 Å². The van der Waals surface area contributed by atoms with Crippen molar-refractivity contribution in [3.05, 3.63) is 18.1 Å². The molecular formula is C16H23N7O. The molecule has 4 rings (SSSR count). The predicted molar refractivity (Wildman–Crippen MR) is 91.4 cm³/mol. The second kappa shape index (κ2) is 6.35. The van der Waals surface area contributed by atoms with Crippen molar-refractivity contribution in [2.24, 2.45) is 5.16 Å². The van der Waals surface area contributed by atoms with Gasteiger partial charge in [0.05, 0.1) is 5.71 Å². The summed E-state index contributed by atoms with van der Waals surface area (Å²) in [5.74, 6) is 1.74. The summed E-state index contributed by atoms with van der Waals surface area (Å²) in [6.45, 7) is 9.04. The van der Waals surface area contributed by atoms with Gasteiger partial charge >= 0.3 is 0 Å². The van der Waals surface area contributed by atoms with Gasteiger partial charge in [0.2, 0.25) is 0 Å². The molecule has 8 nitrogen and oxygen atoms in total. The Labute approximate surface area is 141 Å². The minimum Gasteiger partial charge on any atom is -0.391 e. The molecule has 0 radical (unpaired) electrons. The number of aromatic nitrogens is 4. The number of hydrogen-bond donors (Lipinski definition) is 0. The van der Waals surface area contributed by atoms with E-state index >= 15 is 0 Å². The van der Waals surface area contributed by atoms with E-state index in [9.17, 15) is 0 Å². The van der Waals surface area contributed by atoms with Gasteiger partial charge in [-0.1, -0.05) is 12.1 Å². The summed E-state index contributed by atoms with van der Waals surface area (Å²) >= 11 is 0. The highest BCUT2D eigenvalue weighted by atomic mass is 16.6. The molecule has 0 saturated carbocycles. The van der Waals surface area contributed by atoms with E-state index in [0.29, 0.717) is 5.78 Å². The molecule has 0 N–H and O–H groups in total. The van der Waals surface area contributed by atoms with Gasteiger partial charge in [-0.05, 0) is 13.3 Å². The molecule has 128 valence electrons. The first-order valence-corrected chi connectivity index (χ1v) is 8.59. The fraction of sp³-hybridized carbons (Fsp3) is 0.625. The number of hydrogen-bond acceptors (Lipinski definition) is 7. The number of fused-ring (bicyclic) bond motifs is 1. The third kappa shape index (κ3) is 2.93. The lowest BCUT2D eigenvalue weighted by atomic mass is 10.1. The van der Waals surface area contributed by atoms with Crippen LogP contribution in [0.5, 0.6) is 0 Å². The molecule has 0 aromatic carbocycles. The Morgan fingerprint density at radius 1 is 1.25 bits per heavy atom. The zero-order valence-corrected chi connectivity index (χ0v) is 14.2. The number of anilines is 1. The largest absolute Gasteiger partial charge is 0.391 e. The third-order valence-corrected chi connectivity index (χ3v) is 4.72. The first-order valence-electron chi connectivity index (χ1n) is 8.59. The minimum absolute atomic E-state index is 0.219. The van der Waals surface area contributed by atoms with E-state index in [4.69, 9.17) is 4.84 Å². The van der Waals surface area contributed by atoms with Crippen molar-refractivity contribution in [3.8, 4) is 0 Å². The smallest absolute Gasteiger partial charge is 0.254 e. The number of rotatable bonds is 4. The standard InChI is InChI=1S/C16H23N7O/c1-3-13-9-14(24-20-13)10-21-4-6-22(7-5-21)15-8-12(2)19-16-17-11-18-23(15)16/h8,11,14H,3-7,9-10H2,1-2H3/t14-/m1/s1. The van der Waals surface area contributed by atoms with Gasteiger partial charge in [-0.2, -0.15) is 14.6 Å². The molecule has 0 bridgehead atoms. The van der Waals surface area contributed by atoms with Crippen molar-refractivity contribution in [3.63, 3.8) is 0 Å². The average molecular weight is 329 g/mol. The van der Waals surface area contributed by atoms with Crippen LogP contribution in [0.3, 0.4) is 0 Å². The van der Waals surface area contributed by atoms with Crippen molar-refractivity contribution in [2.45, 2.75) is 32.8 Å². The summed E-state index contributed by atoms with van der Waals surface area (Å²) in [6.07, 6.45) is 3.74. The van der Waals surface area contributed by atoms with Gasteiger partial charge in [0.15, 0.2) is 0 Å². The van der Waals surface area contributed by atoms with Crippen LogP contribution < -0.4 is 4.90 Å². The molecule has 1 atom stereocenters. The lowest BCUT2D eigenvalue weighted by molar-refractivity contribution is 0.0509. The van der Waals surface area contributed by atoms with Gasteiger partial charge in [0.1, 0.15) is 18.2 Å². The summed E-state index contributed by atoms with van der Waals surface area (Å²) < 4.78 is 1.82. The van der Waals surface area contributed by atoms with Crippen molar-refractivity contribution in [1.29, 1.82) is 0 Å². The molecule has 0 aliphatic carbocycles. The molecule has 0 unspecified atom stereocenters. The third-order valence-electron chi connectivity index (χ3n) is 4.72. The van der Waals surface area contributed by atoms with E-state index in [1.165, 1.54) is 5.71 Å². The van der Waals surface area contributed by atoms with Gasteiger partial charge in [-0.15, -0.1) is 0 Å². The first-order chi connectivity index (χ1) is 11.7. The second-order valence-electron chi connectivity index (χ2n) is 6.46. The molecule has 2 aromatic rings. The van der Waals surface area contributed by atoms with Gasteiger partial charge in [-0.3, -0.25) is 4.90 Å². The number of piperazine rings is 1. The predicted octanol–water partition coefficient (Wildman–Crippen LogP) is 1.11. The molecule has 2 aliphatic rings. The highest BCUT2D eigenvalue weighted by molar-refractivity contribution is 5.85. The molecule has 8 heteroatoms. The quantitative estimate of drug-likeness (QED) is 0.837. The lowest BCUT2D eigenvalue weighted by Crippen LogP contribution is -2.49. The molecular weight excluding hydrogens is 306 g/mol. The normalized spacial score (nSPS) is 22.0. The van der Waals surface area contributed by atoms with Crippen LogP contribution in [0.2, 0.25) is 0 Å². The van der Waals surface area contributed by atoms with Crippen molar-refractivity contribution in [1.82, 2.24) is 24.5 Å². The van der Waals surface area contributed by atoms with Crippen LogP contribution in [-0.4, -0.2) is 69.0 Å². The molecule has 4 heterocycles. The second-order valence-corrected chi connectivity index (χ2v) is 6.46. The molecule has 1 fully saturated rings. The zero-order valence-electron chi connectivity index (χ0n) is 14.2. The number of aryl methyl sites for hydroxylation is 1. The van der Waals surface area contributed by atoms with Gasteiger partial charge in [0.25, 0.3) is 5.78 Å². The Balaban J connectivity index is 1.38. The monoisotopic (exact) mass is 329 g/mol. The average Bonchev–Trinajstić information content (AvgIpc) is 3.23. The van der Waals surface area contributed by atoms with Crippen molar-refractivity contribution in [2.75, 3.05) is 37.6 Å². The van der Waals surface area contributed by atoms with E-state index < -0.39 is 0 Å². The highest BCUT2D eigenvalue weighted by Crippen LogP contribution is 2.19. The fourth-order valence-electron chi connectivity index (χ4n) is 3.38. The molecule has 0 amide bonds. The Hall–Kier alpha value is -2.22. The van der Waals surface area contributed by atoms with Crippen LogP contribution in [0.25, 0.3) is 5.78 Å². The van der Waals surface area contributed by atoms with Crippen LogP contribution in [0.1, 0.15) is 25.5 Å². The Bertz CT molecular complexity index is 748. The molecule has 0 spiro atoms. The summed E-state index contributed by atoms with van der Waals surface area (Å²) in [5, 5.41) is 8.46. The van der Waals surface area contributed by atoms with Crippen LogP contribution in [-0.2, 0) is 4.84 Å². The molecule has 2 aliphatic heterocycles. The summed E-state index contributed by atoms with van der Waals surface area (Å²) in [6, 6.07) is 2.08. The lowest BCUT2D eigenvalue weighted by Gasteiger charge is -2.36. The Morgan fingerprint density at radius 2 is 2.08 bits per heavy atom. The van der Waals surface area contributed by atoms with E-state index in [-0.39, 0.29) is 6.10 Å².